The lowest BCUT2D eigenvalue weighted by molar-refractivity contribution is -0.119. The van der Waals surface area contributed by atoms with Gasteiger partial charge in [-0.3, -0.25) is 4.79 Å². The highest BCUT2D eigenvalue weighted by atomic mass is 16.5. The average Bonchev–Trinajstić information content (AvgIpc) is 3.35. The summed E-state index contributed by atoms with van der Waals surface area (Å²) in [4.78, 5) is 28.5. The lowest BCUT2D eigenvalue weighted by Gasteiger charge is -2.12. The molecular formula is C25H20N2O5. The third-order valence-electron chi connectivity index (χ3n) is 4.58. The van der Waals surface area contributed by atoms with Crippen molar-refractivity contribution in [2.75, 3.05) is 11.9 Å². The maximum absolute atomic E-state index is 12.3. The van der Waals surface area contributed by atoms with Crippen LogP contribution in [0.25, 0.3) is 11.3 Å². The highest BCUT2D eigenvalue weighted by molar-refractivity contribution is 5.96. The van der Waals surface area contributed by atoms with Crippen LogP contribution in [0.1, 0.15) is 15.9 Å². The molecule has 0 atom stereocenters. The number of aryl methyl sites for hydroxylation is 1. The predicted molar refractivity (Wildman–Crippen MR) is 119 cm³/mol. The zero-order valence-electron chi connectivity index (χ0n) is 17.3. The van der Waals surface area contributed by atoms with E-state index in [1.54, 1.807) is 48.7 Å². The summed E-state index contributed by atoms with van der Waals surface area (Å²) in [5, 5.41) is 2.72. The van der Waals surface area contributed by atoms with Crippen molar-refractivity contribution in [3.8, 4) is 22.8 Å². The molecule has 7 heteroatoms. The van der Waals surface area contributed by atoms with Gasteiger partial charge in [0.25, 0.3) is 5.91 Å². The average molecular weight is 428 g/mol. The second kappa shape index (κ2) is 9.61. The molecule has 0 saturated heterocycles. The minimum absolute atomic E-state index is 0.323. The number of oxazole rings is 1. The van der Waals surface area contributed by atoms with Crippen LogP contribution in [0, 0.1) is 6.92 Å². The van der Waals surface area contributed by atoms with E-state index in [0.717, 1.165) is 11.1 Å². The lowest BCUT2D eigenvalue weighted by atomic mass is 10.1. The van der Waals surface area contributed by atoms with E-state index < -0.39 is 18.5 Å². The Kier molecular flexibility index (Phi) is 6.27. The van der Waals surface area contributed by atoms with Crippen LogP contribution < -0.4 is 10.1 Å². The Hall–Kier alpha value is -4.39. The summed E-state index contributed by atoms with van der Waals surface area (Å²) in [6, 6.07) is 21.3. The molecule has 1 aromatic heterocycles. The van der Waals surface area contributed by atoms with Crippen LogP contribution in [0.4, 0.5) is 5.69 Å². The van der Waals surface area contributed by atoms with Crippen molar-refractivity contribution in [3.63, 3.8) is 0 Å². The first-order valence-corrected chi connectivity index (χ1v) is 9.88. The first-order valence-electron chi connectivity index (χ1n) is 9.88. The summed E-state index contributed by atoms with van der Waals surface area (Å²) in [7, 11) is 0. The van der Waals surface area contributed by atoms with E-state index in [9.17, 15) is 9.59 Å². The monoisotopic (exact) mass is 428 g/mol. The first-order chi connectivity index (χ1) is 15.6. The summed E-state index contributed by atoms with van der Waals surface area (Å²) >= 11 is 0. The molecule has 0 aliphatic carbocycles. The summed E-state index contributed by atoms with van der Waals surface area (Å²) in [5.74, 6) is 0.650. The van der Waals surface area contributed by atoms with Crippen LogP contribution in [0.2, 0.25) is 0 Å². The van der Waals surface area contributed by atoms with Crippen molar-refractivity contribution in [2.45, 2.75) is 6.92 Å². The molecular weight excluding hydrogens is 408 g/mol. The largest absolute Gasteiger partial charge is 0.455 e. The maximum Gasteiger partial charge on any atom is 0.338 e. The quantitative estimate of drug-likeness (QED) is 0.405. The molecule has 1 heterocycles. The number of anilines is 1. The van der Waals surface area contributed by atoms with Gasteiger partial charge >= 0.3 is 5.97 Å². The Balaban J connectivity index is 1.34. The zero-order valence-corrected chi connectivity index (χ0v) is 17.3. The smallest absolute Gasteiger partial charge is 0.338 e. The summed E-state index contributed by atoms with van der Waals surface area (Å²) in [6.45, 7) is 1.56. The van der Waals surface area contributed by atoms with Gasteiger partial charge in [0.2, 0.25) is 0 Å². The van der Waals surface area contributed by atoms with Gasteiger partial charge in [-0.05, 0) is 43.3 Å². The zero-order chi connectivity index (χ0) is 22.3. The number of benzene rings is 3. The van der Waals surface area contributed by atoms with Crippen molar-refractivity contribution < 1.29 is 23.5 Å². The number of aromatic nitrogens is 1. The lowest BCUT2D eigenvalue weighted by Crippen LogP contribution is -2.21. The summed E-state index contributed by atoms with van der Waals surface area (Å²) in [5.41, 5.74) is 2.70. The fourth-order valence-corrected chi connectivity index (χ4v) is 2.92. The fourth-order valence-electron chi connectivity index (χ4n) is 2.92. The topological polar surface area (TPSA) is 90.7 Å². The molecule has 0 aliphatic rings. The van der Waals surface area contributed by atoms with Gasteiger partial charge in [0.1, 0.15) is 5.75 Å². The standard InChI is InChI=1S/C25H20N2O5/c1-17-6-12-20(13-7-17)32-22-5-3-2-4-21(22)27-24(28)15-30-25(29)19-10-8-18(9-11-19)23-14-26-16-31-23/h2-14,16H,15H2,1H3,(H,27,28). The van der Waals surface area contributed by atoms with Gasteiger partial charge in [0.15, 0.2) is 24.5 Å². The van der Waals surface area contributed by atoms with Crippen LogP contribution in [-0.2, 0) is 9.53 Å². The van der Waals surface area contributed by atoms with E-state index >= 15 is 0 Å². The number of ether oxygens (including phenoxy) is 2. The van der Waals surface area contributed by atoms with Gasteiger partial charge in [-0.1, -0.05) is 42.0 Å². The van der Waals surface area contributed by atoms with Crippen molar-refractivity contribution >= 4 is 17.6 Å². The SMILES string of the molecule is Cc1ccc(Oc2ccccc2NC(=O)COC(=O)c2ccc(-c3cnco3)cc2)cc1. The molecule has 0 aliphatic heterocycles. The molecule has 4 aromatic rings. The second-order valence-electron chi connectivity index (χ2n) is 6.98. The molecule has 3 aromatic carbocycles. The number of carbonyl (C=O) groups excluding carboxylic acids is 2. The number of hydrogen-bond donors (Lipinski definition) is 1. The third kappa shape index (κ3) is 5.20. The van der Waals surface area contributed by atoms with Crippen molar-refractivity contribution in [1.29, 1.82) is 0 Å². The van der Waals surface area contributed by atoms with Crippen molar-refractivity contribution in [2.24, 2.45) is 0 Å². The third-order valence-corrected chi connectivity index (χ3v) is 4.58. The Morgan fingerprint density at radius 2 is 1.72 bits per heavy atom. The molecule has 7 nitrogen and oxygen atoms in total. The highest BCUT2D eigenvalue weighted by Gasteiger charge is 2.13. The number of amides is 1. The molecule has 0 radical (unpaired) electrons. The van der Waals surface area contributed by atoms with Gasteiger partial charge in [0.05, 0.1) is 17.4 Å². The summed E-state index contributed by atoms with van der Waals surface area (Å²) < 4.78 is 16.2. The van der Waals surface area contributed by atoms with E-state index in [1.807, 2.05) is 37.3 Å². The minimum Gasteiger partial charge on any atom is -0.455 e. The predicted octanol–water partition coefficient (Wildman–Crippen LogP) is 5.24. The number of rotatable bonds is 7. The van der Waals surface area contributed by atoms with Crippen molar-refractivity contribution in [3.05, 3.63) is 96.5 Å². The van der Waals surface area contributed by atoms with Gasteiger partial charge in [0, 0.05) is 5.56 Å². The molecule has 4 rings (SSSR count). The Labute approximate surface area is 184 Å². The van der Waals surface area contributed by atoms with E-state index in [2.05, 4.69) is 10.3 Å². The Morgan fingerprint density at radius 1 is 0.969 bits per heavy atom. The molecule has 0 saturated carbocycles. The van der Waals surface area contributed by atoms with E-state index in [4.69, 9.17) is 13.9 Å². The van der Waals surface area contributed by atoms with E-state index in [-0.39, 0.29) is 0 Å². The van der Waals surface area contributed by atoms with Gasteiger partial charge in [-0.25, -0.2) is 9.78 Å². The minimum atomic E-state index is -0.603. The molecule has 1 N–H and O–H groups in total. The molecule has 0 bridgehead atoms. The number of esters is 1. The van der Waals surface area contributed by atoms with Crippen molar-refractivity contribution in [1.82, 2.24) is 4.98 Å². The number of hydrogen-bond acceptors (Lipinski definition) is 6. The molecule has 32 heavy (non-hydrogen) atoms. The van der Waals surface area contributed by atoms with Gasteiger partial charge in [-0.2, -0.15) is 0 Å². The molecule has 0 fully saturated rings. The van der Waals surface area contributed by atoms with Gasteiger partial charge < -0.3 is 19.2 Å². The van der Waals surface area contributed by atoms with Crippen LogP contribution in [0.3, 0.4) is 0 Å². The Morgan fingerprint density at radius 3 is 2.44 bits per heavy atom. The molecule has 160 valence electrons. The number of carbonyl (C=O) groups is 2. The molecule has 0 unspecified atom stereocenters. The Bertz CT molecular complexity index is 1200. The maximum atomic E-state index is 12.3. The number of nitrogens with one attached hydrogen (secondary N) is 1. The van der Waals surface area contributed by atoms with Crippen LogP contribution in [0.5, 0.6) is 11.5 Å². The van der Waals surface area contributed by atoms with Crippen LogP contribution >= 0.6 is 0 Å². The molecule has 1 amide bonds. The van der Waals surface area contributed by atoms with E-state index in [1.165, 1.54) is 6.39 Å². The van der Waals surface area contributed by atoms with Gasteiger partial charge in [-0.15, -0.1) is 0 Å². The fraction of sp³-hybridized carbons (Fsp3) is 0.0800. The van der Waals surface area contributed by atoms with Crippen LogP contribution in [-0.4, -0.2) is 23.5 Å². The highest BCUT2D eigenvalue weighted by Crippen LogP contribution is 2.29. The van der Waals surface area contributed by atoms with E-state index in [0.29, 0.717) is 28.5 Å². The molecule has 0 spiro atoms. The number of para-hydroxylation sites is 2. The number of nitrogens with zero attached hydrogens (tertiary/aromatic N) is 1. The normalized spacial score (nSPS) is 10.4. The first kappa shape index (κ1) is 20.9. The second-order valence-corrected chi connectivity index (χ2v) is 6.98. The summed E-state index contributed by atoms with van der Waals surface area (Å²) in [6.07, 6.45) is 2.91. The van der Waals surface area contributed by atoms with Crippen LogP contribution in [0.15, 0.2) is 89.8 Å².